The average molecular weight is 533 g/mol. The summed E-state index contributed by atoms with van der Waals surface area (Å²) in [5, 5.41) is 13.7. The van der Waals surface area contributed by atoms with Gasteiger partial charge in [0.1, 0.15) is 5.75 Å². The summed E-state index contributed by atoms with van der Waals surface area (Å²) < 4.78 is 12.1. The summed E-state index contributed by atoms with van der Waals surface area (Å²) in [6.45, 7) is 3.75. The number of aromatic hydroxyl groups is 1. The molecule has 6 nitrogen and oxygen atoms in total. The van der Waals surface area contributed by atoms with E-state index in [2.05, 4.69) is 26.5 Å². The zero-order valence-corrected chi connectivity index (χ0v) is 18.2. The zero-order valence-electron chi connectivity index (χ0n) is 14.5. The Labute approximate surface area is 173 Å². The van der Waals surface area contributed by atoms with Crippen molar-refractivity contribution in [3.05, 3.63) is 49.0 Å². The van der Waals surface area contributed by atoms with Crippen molar-refractivity contribution in [3.8, 4) is 17.2 Å². The summed E-state index contributed by atoms with van der Waals surface area (Å²) in [4.78, 5) is 11.9. The number of nitrogens with one attached hydrogen (secondary N) is 1. The molecule has 0 saturated carbocycles. The first-order chi connectivity index (χ1) is 12.3. The highest BCUT2D eigenvalue weighted by atomic mass is 127. The number of phenols is 1. The number of methoxy groups -OCH3 is 1. The van der Waals surface area contributed by atoms with E-state index in [0.29, 0.717) is 20.6 Å². The maximum Gasteiger partial charge on any atom is 0.277 e. The molecule has 1 amide bonds. The second-order valence-corrected chi connectivity index (χ2v) is 7.54. The van der Waals surface area contributed by atoms with Gasteiger partial charge in [0.15, 0.2) is 18.1 Å². The molecule has 0 spiro atoms. The third kappa shape index (κ3) is 5.34. The standard InChI is InChI=1S/C18H18BrIN2O4/c1-10-4-11(2)18(13(19)5-10)26-9-16(23)22-21-8-12-6-14(20)17(24)15(7-12)25-3/h4-8,24H,9H2,1-3H3,(H,22,23)/b21-8-. The van der Waals surface area contributed by atoms with E-state index in [1.807, 2.05) is 48.6 Å². The van der Waals surface area contributed by atoms with Crippen LogP contribution in [0.5, 0.6) is 17.2 Å². The lowest BCUT2D eigenvalue weighted by Gasteiger charge is -2.11. The molecule has 0 aromatic heterocycles. The van der Waals surface area contributed by atoms with Gasteiger partial charge in [0.05, 0.1) is 21.4 Å². The van der Waals surface area contributed by atoms with Crippen molar-refractivity contribution in [1.82, 2.24) is 5.43 Å². The lowest BCUT2D eigenvalue weighted by atomic mass is 10.1. The summed E-state index contributed by atoms with van der Waals surface area (Å²) in [5.74, 6) is 0.663. The number of amides is 1. The molecule has 0 radical (unpaired) electrons. The Bertz CT molecular complexity index is 832. The van der Waals surface area contributed by atoms with Crippen molar-refractivity contribution in [1.29, 1.82) is 0 Å². The Kier molecular flexibility index (Phi) is 7.27. The molecule has 0 saturated heterocycles. The van der Waals surface area contributed by atoms with Gasteiger partial charge in [0.2, 0.25) is 0 Å². The molecule has 0 bridgehead atoms. The molecule has 26 heavy (non-hydrogen) atoms. The van der Waals surface area contributed by atoms with Gasteiger partial charge in [-0.3, -0.25) is 4.79 Å². The minimum atomic E-state index is -0.381. The molecule has 2 N–H and O–H groups in total. The van der Waals surface area contributed by atoms with Gasteiger partial charge in [0.25, 0.3) is 5.91 Å². The van der Waals surface area contributed by atoms with Crippen LogP contribution in [0.2, 0.25) is 0 Å². The molecule has 0 aliphatic rings. The SMILES string of the molecule is COc1cc(/C=N\NC(=O)COc2c(C)cc(C)cc2Br)cc(I)c1O. The van der Waals surface area contributed by atoms with Crippen LogP contribution in [0.3, 0.4) is 0 Å². The number of halogens is 2. The van der Waals surface area contributed by atoms with E-state index in [0.717, 1.165) is 15.6 Å². The average Bonchev–Trinajstić information content (AvgIpc) is 2.56. The van der Waals surface area contributed by atoms with E-state index in [1.54, 1.807) is 12.1 Å². The molecule has 2 aromatic carbocycles. The van der Waals surface area contributed by atoms with E-state index in [4.69, 9.17) is 9.47 Å². The van der Waals surface area contributed by atoms with Crippen molar-refractivity contribution in [3.63, 3.8) is 0 Å². The fraction of sp³-hybridized carbons (Fsp3) is 0.222. The number of carbonyl (C=O) groups excluding carboxylic acids is 1. The van der Waals surface area contributed by atoms with Crippen molar-refractivity contribution >= 4 is 50.6 Å². The Morgan fingerprint density at radius 2 is 2.08 bits per heavy atom. The minimum absolute atomic E-state index is 0.0710. The molecule has 2 aromatic rings. The number of hydrogen-bond acceptors (Lipinski definition) is 5. The summed E-state index contributed by atoms with van der Waals surface area (Å²) in [6.07, 6.45) is 1.47. The van der Waals surface area contributed by atoms with Crippen LogP contribution in [0.4, 0.5) is 0 Å². The number of ether oxygens (including phenoxy) is 2. The maximum atomic E-state index is 11.9. The summed E-state index contributed by atoms with van der Waals surface area (Å²) in [5.41, 5.74) is 5.14. The van der Waals surface area contributed by atoms with Gasteiger partial charge in [-0.2, -0.15) is 5.10 Å². The summed E-state index contributed by atoms with van der Waals surface area (Å²) in [6, 6.07) is 7.25. The zero-order chi connectivity index (χ0) is 19.3. The number of hydrazone groups is 1. The van der Waals surface area contributed by atoms with Gasteiger partial charge in [-0.05, 0) is 87.3 Å². The van der Waals surface area contributed by atoms with Crippen LogP contribution in [0.25, 0.3) is 0 Å². The molecule has 0 aliphatic heterocycles. The van der Waals surface area contributed by atoms with Gasteiger partial charge in [-0.1, -0.05) is 6.07 Å². The lowest BCUT2D eigenvalue weighted by Crippen LogP contribution is -2.24. The van der Waals surface area contributed by atoms with Crippen molar-refractivity contribution in [2.75, 3.05) is 13.7 Å². The highest BCUT2D eigenvalue weighted by molar-refractivity contribution is 14.1. The second kappa shape index (κ2) is 9.22. The largest absolute Gasteiger partial charge is 0.504 e. The second-order valence-electron chi connectivity index (χ2n) is 5.53. The topological polar surface area (TPSA) is 80.2 Å². The summed E-state index contributed by atoms with van der Waals surface area (Å²) in [7, 11) is 1.47. The van der Waals surface area contributed by atoms with Crippen LogP contribution in [-0.4, -0.2) is 30.9 Å². The normalized spacial score (nSPS) is 10.8. The molecule has 0 unspecified atom stereocenters. The van der Waals surface area contributed by atoms with Gasteiger partial charge < -0.3 is 14.6 Å². The number of aryl methyl sites for hydroxylation is 2. The van der Waals surface area contributed by atoms with Gasteiger partial charge in [-0.25, -0.2) is 5.43 Å². The van der Waals surface area contributed by atoms with Crippen LogP contribution in [0, 0.1) is 17.4 Å². The van der Waals surface area contributed by atoms with Gasteiger partial charge in [-0.15, -0.1) is 0 Å². The Morgan fingerprint density at radius 1 is 1.35 bits per heavy atom. The molecule has 0 heterocycles. The number of benzene rings is 2. The predicted octanol–water partition coefficient (Wildman–Crippen LogP) is 3.91. The number of nitrogens with zero attached hydrogens (tertiary/aromatic N) is 1. The summed E-state index contributed by atoms with van der Waals surface area (Å²) >= 11 is 5.43. The Morgan fingerprint density at radius 3 is 2.73 bits per heavy atom. The van der Waals surface area contributed by atoms with Crippen LogP contribution >= 0.6 is 38.5 Å². The van der Waals surface area contributed by atoms with Crippen molar-refractivity contribution < 1.29 is 19.4 Å². The highest BCUT2D eigenvalue weighted by Gasteiger charge is 2.10. The van der Waals surface area contributed by atoms with Crippen LogP contribution < -0.4 is 14.9 Å². The molecular weight excluding hydrogens is 515 g/mol. The molecular formula is C18H18BrIN2O4. The van der Waals surface area contributed by atoms with Gasteiger partial charge >= 0.3 is 0 Å². The smallest absolute Gasteiger partial charge is 0.277 e. The maximum absolute atomic E-state index is 11.9. The fourth-order valence-electron chi connectivity index (χ4n) is 2.26. The monoisotopic (exact) mass is 532 g/mol. The third-order valence-electron chi connectivity index (χ3n) is 3.39. The number of phenolic OH excluding ortho intramolecular Hbond substituents is 1. The van der Waals surface area contributed by atoms with E-state index in [-0.39, 0.29) is 18.3 Å². The number of rotatable bonds is 6. The molecule has 0 aliphatic carbocycles. The fourth-order valence-corrected chi connectivity index (χ4v) is 3.67. The first-order valence-corrected chi connectivity index (χ1v) is 9.47. The van der Waals surface area contributed by atoms with E-state index < -0.39 is 0 Å². The van der Waals surface area contributed by atoms with E-state index in [9.17, 15) is 9.90 Å². The molecule has 8 heteroatoms. The molecule has 0 fully saturated rings. The number of carbonyl (C=O) groups is 1. The molecule has 2 rings (SSSR count). The first kappa shape index (κ1) is 20.5. The highest BCUT2D eigenvalue weighted by Crippen LogP contribution is 2.32. The van der Waals surface area contributed by atoms with Crippen molar-refractivity contribution in [2.24, 2.45) is 5.10 Å². The Balaban J connectivity index is 1.95. The van der Waals surface area contributed by atoms with E-state index >= 15 is 0 Å². The van der Waals surface area contributed by atoms with Crippen LogP contribution in [0.1, 0.15) is 16.7 Å². The van der Waals surface area contributed by atoms with Crippen LogP contribution in [0.15, 0.2) is 33.8 Å². The molecule has 0 atom stereocenters. The predicted molar refractivity (Wildman–Crippen MR) is 112 cm³/mol. The van der Waals surface area contributed by atoms with Crippen molar-refractivity contribution in [2.45, 2.75) is 13.8 Å². The van der Waals surface area contributed by atoms with Gasteiger partial charge in [0, 0.05) is 0 Å². The quantitative estimate of drug-likeness (QED) is 0.336. The van der Waals surface area contributed by atoms with E-state index in [1.165, 1.54) is 13.3 Å². The first-order valence-electron chi connectivity index (χ1n) is 7.59. The Hall–Kier alpha value is -1.81. The minimum Gasteiger partial charge on any atom is -0.504 e. The molecule has 138 valence electrons. The number of hydrogen-bond donors (Lipinski definition) is 2. The lowest BCUT2D eigenvalue weighted by molar-refractivity contribution is -0.123. The third-order valence-corrected chi connectivity index (χ3v) is 4.81. The van der Waals surface area contributed by atoms with Crippen LogP contribution in [-0.2, 0) is 4.79 Å².